The molecule has 8 nitrogen and oxygen atoms in total. The summed E-state index contributed by atoms with van der Waals surface area (Å²) in [6.07, 6.45) is 1.61. The van der Waals surface area contributed by atoms with Crippen LogP contribution >= 0.6 is 0 Å². The van der Waals surface area contributed by atoms with Crippen molar-refractivity contribution in [2.45, 2.75) is 20.4 Å². The van der Waals surface area contributed by atoms with Crippen LogP contribution in [0.15, 0.2) is 48.7 Å². The number of esters is 1. The number of Topliss-reactive ketones (excluding diaryl/α,β-unsaturated/α-hetero) is 1. The largest absolute Gasteiger partial charge is 0.496 e. The second kappa shape index (κ2) is 8.43. The molecule has 0 bridgehead atoms. The summed E-state index contributed by atoms with van der Waals surface area (Å²) < 4.78 is 12.4. The second-order valence-corrected chi connectivity index (χ2v) is 6.89. The van der Waals surface area contributed by atoms with Crippen molar-refractivity contribution in [2.75, 3.05) is 19.0 Å². The fraction of sp³-hybridized carbons (Fsp3) is 0.217. The van der Waals surface area contributed by atoms with Crippen LogP contribution in [0.1, 0.15) is 40.3 Å². The van der Waals surface area contributed by atoms with Crippen molar-refractivity contribution in [3.8, 4) is 5.75 Å². The zero-order valence-electron chi connectivity index (χ0n) is 17.5. The van der Waals surface area contributed by atoms with E-state index in [2.05, 4.69) is 15.3 Å². The van der Waals surface area contributed by atoms with Crippen molar-refractivity contribution in [3.63, 3.8) is 0 Å². The van der Waals surface area contributed by atoms with Gasteiger partial charge in [0.25, 0.3) is 0 Å². The number of ether oxygens (including phenoxy) is 2. The van der Waals surface area contributed by atoms with Crippen molar-refractivity contribution < 1.29 is 19.1 Å². The van der Waals surface area contributed by atoms with E-state index in [1.165, 1.54) is 14.0 Å². The zero-order valence-corrected chi connectivity index (χ0v) is 17.5. The summed E-state index contributed by atoms with van der Waals surface area (Å²) in [5, 5.41) is 3.85. The third-order valence-corrected chi connectivity index (χ3v) is 4.91. The molecule has 158 valence electrons. The van der Waals surface area contributed by atoms with E-state index in [1.807, 2.05) is 30.3 Å². The SMILES string of the molecule is CCOC(=O)c1cc2c(C(C)=O)c3c(OC)ccnc3n2c(NCc2ccccc2)n1. The van der Waals surface area contributed by atoms with Gasteiger partial charge in [-0.2, -0.15) is 0 Å². The lowest BCUT2D eigenvalue weighted by molar-refractivity contribution is 0.0519. The summed E-state index contributed by atoms with van der Waals surface area (Å²) in [6, 6.07) is 13.1. The van der Waals surface area contributed by atoms with Crippen LogP contribution in [0.3, 0.4) is 0 Å². The number of hydrogen-bond acceptors (Lipinski definition) is 7. The quantitative estimate of drug-likeness (QED) is 0.359. The highest BCUT2D eigenvalue weighted by Crippen LogP contribution is 2.35. The number of hydrogen-bond donors (Lipinski definition) is 1. The number of aromatic nitrogens is 3. The minimum Gasteiger partial charge on any atom is -0.496 e. The summed E-state index contributed by atoms with van der Waals surface area (Å²) in [6.45, 7) is 3.89. The van der Waals surface area contributed by atoms with Crippen LogP contribution in [0.2, 0.25) is 0 Å². The fourth-order valence-corrected chi connectivity index (χ4v) is 3.60. The molecule has 0 aliphatic heterocycles. The summed E-state index contributed by atoms with van der Waals surface area (Å²) >= 11 is 0. The van der Waals surface area contributed by atoms with Gasteiger partial charge in [0.15, 0.2) is 17.1 Å². The molecule has 0 saturated heterocycles. The number of pyridine rings is 1. The van der Waals surface area contributed by atoms with Gasteiger partial charge in [0, 0.05) is 12.7 Å². The number of rotatable bonds is 7. The van der Waals surface area contributed by atoms with Crippen LogP contribution in [0.4, 0.5) is 5.95 Å². The van der Waals surface area contributed by atoms with E-state index >= 15 is 0 Å². The van der Waals surface area contributed by atoms with Gasteiger partial charge in [-0.3, -0.25) is 9.20 Å². The van der Waals surface area contributed by atoms with Crippen molar-refractivity contribution in [3.05, 3.63) is 65.5 Å². The summed E-state index contributed by atoms with van der Waals surface area (Å²) in [5.74, 6) is 0.162. The van der Waals surface area contributed by atoms with Gasteiger partial charge in [-0.1, -0.05) is 30.3 Å². The molecule has 4 rings (SSSR count). The molecule has 31 heavy (non-hydrogen) atoms. The number of nitrogens with zero attached hydrogens (tertiary/aromatic N) is 3. The topological polar surface area (TPSA) is 94.8 Å². The highest BCUT2D eigenvalue weighted by Gasteiger charge is 2.24. The van der Waals surface area contributed by atoms with Crippen molar-refractivity contribution >= 4 is 34.3 Å². The number of fused-ring (bicyclic) bond motifs is 3. The molecule has 1 aromatic carbocycles. The molecular weight excluding hydrogens is 396 g/mol. The second-order valence-electron chi connectivity index (χ2n) is 6.89. The molecule has 0 amide bonds. The molecule has 0 saturated carbocycles. The molecule has 0 aliphatic carbocycles. The number of carbonyl (C=O) groups excluding carboxylic acids is 2. The van der Waals surface area contributed by atoms with Crippen molar-refractivity contribution in [1.29, 1.82) is 0 Å². The first-order valence-corrected chi connectivity index (χ1v) is 9.89. The lowest BCUT2D eigenvalue weighted by Crippen LogP contribution is -2.13. The standard InChI is InChI=1S/C23H22N4O4/c1-4-31-22(29)16-12-17-19(14(2)28)20-18(30-3)10-11-24-21(20)27(17)23(26-16)25-13-15-8-6-5-7-9-15/h5-12H,4,13H2,1-3H3,(H,25,26). The molecular formula is C23H22N4O4. The highest BCUT2D eigenvalue weighted by molar-refractivity contribution is 6.15. The number of carbonyl (C=O) groups is 2. The van der Waals surface area contributed by atoms with Gasteiger partial charge in [-0.05, 0) is 31.5 Å². The highest BCUT2D eigenvalue weighted by atomic mass is 16.5. The Kier molecular flexibility index (Phi) is 5.53. The third kappa shape index (κ3) is 3.68. The lowest BCUT2D eigenvalue weighted by Gasteiger charge is -2.11. The maximum absolute atomic E-state index is 12.6. The number of nitrogens with one attached hydrogen (secondary N) is 1. The van der Waals surface area contributed by atoms with Gasteiger partial charge in [0.2, 0.25) is 5.95 Å². The monoisotopic (exact) mass is 418 g/mol. The van der Waals surface area contributed by atoms with Crippen LogP contribution in [0, 0.1) is 0 Å². The number of methoxy groups -OCH3 is 1. The Balaban J connectivity index is 2.00. The molecule has 0 atom stereocenters. The van der Waals surface area contributed by atoms with Crippen LogP contribution < -0.4 is 10.1 Å². The van der Waals surface area contributed by atoms with E-state index < -0.39 is 5.97 Å². The smallest absolute Gasteiger partial charge is 0.357 e. The lowest BCUT2D eigenvalue weighted by atomic mass is 10.1. The molecule has 0 spiro atoms. The molecule has 3 heterocycles. The first kappa shape index (κ1) is 20.3. The average molecular weight is 418 g/mol. The maximum Gasteiger partial charge on any atom is 0.357 e. The Hall–Kier alpha value is -3.94. The van der Waals surface area contributed by atoms with E-state index in [0.717, 1.165) is 5.56 Å². The minimum atomic E-state index is -0.563. The third-order valence-electron chi connectivity index (χ3n) is 4.91. The molecule has 4 aromatic rings. The fourth-order valence-electron chi connectivity index (χ4n) is 3.60. The normalized spacial score (nSPS) is 10.9. The summed E-state index contributed by atoms with van der Waals surface area (Å²) in [4.78, 5) is 34.1. The predicted molar refractivity (Wildman–Crippen MR) is 117 cm³/mol. The van der Waals surface area contributed by atoms with Gasteiger partial charge in [-0.15, -0.1) is 0 Å². The predicted octanol–water partition coefficient (Wildman–Crippen LogP) is 3.88. The van der Waals surface area contributed by atoms with Gasteiger partial charge in [0.1, 0.15) is 5.75 Å². The first-order chi connectivity index (χ1) is 15.0. The van der Waals surface area contributed by atoms with Gasteiger partial charge in [-0.25, -0.2) is 14.8 Å². The van der Waals surface area contributed by atoms with Crippen LogP contribution in [-0.2, 0) is 11.3 Å². The van der Waals surface area contributed by atoms with E-state index in [9.17, 15) is 9.59 Å². The maximum atomic E-state index is 12.6. The molecule has 0 radical (unpaired) electrons. The molecule has 0 fully saturated rings. The molecule has 0 aliphatic rings. The number of ketones is 1. The number of benzene rings is 1. The average Bonchev–Trinajstić information content (AvgIpc) is 3.13. The van der Waals surface area contributed by atoms with Crippen LogP contribution in [0.5, 0.6) is 5.75 Å². The number of anilines is 1. The zero-order chi connectivity index (χ0) is 22.0. The Morgan fingerprint density at radius 3 is 2.61 bits per heavy atom. The van der Waals surface area contributed by atoms with Gasteiger partial charge in [0.05, 0.1) is 30.2 Å². The van der Waals surface area contributed by atoms with Gasteiger partial charge >= 0.3 is 5.97 Å². The molecule has 1 N–H and O–H groups in total. The first-order valence-electron chi connectivity index (χ1n) is 9.89. The van der Waals surface area contributed by atoms with E-state index in [4.69, 9.17) is 9.47 Å². The van der Waals surface area contributed by atoms with Crippen molar-refractivity contribution in [1.82, 2.24) is 14.4 Å². The van der Waals surface area contributed by atoms with E-state index in [0.29, 0.717) is 40.4 Å². The molecule has 3 aromatic heterocycles. The Morgan fingerprint density at radius 2 is 1.94 bits per heavy atom. The molecule has 8 heteroatoms. The molecule has 0 unspecified atom stereocenters. The van der Waals surface area contributed by atoms with E-state index in [1.54, 1.807) is 29.7 Å². The minimum absolute atomic E-state index is 0.106. The Morgan fingerprint density at radius 1 is 1.16 bits per heavy atom. The van der Waals surface area contributed by atoms with E-state index in [-0.39, 0.29) is 18.1 Å². The van der Waals surface area contributed by atoms with Crippen LogP contribution in [-0.4, -0.2) is 39.8 Å². The summed E-state index contributed by atoms with van der Waals surface area (Å²) in [5.41, 5.74) is 2.57. The van der Waals surface area contributed by atoms with Gasteiger partial charge < -0.3 is 14.8 Å². The van der Waals surface area contributed by atoms with Crippen LogP contribution in [0.25, 0.3) is 16.6 Å². The summed E-state index contributed by atoms with van der Waals surface area (Å²) in [7, 11) is 1.54. The van der Waals surface area contributed by atoms with Crippen molar-refractivity contribution in [2.24, 2.45) is 0 Å². The Bertz CT molecular complexity index is 1280. The Labute approximate surface area is 178 Å².